The van der Waals surface area contributed by atoms with Crippen LogP contribution in [0, 0.1) is 0 Å². The third kappa shape index (κ3) is 9.21. The van der Waals surface area contributed by atoms with Crippen LogP contribution >= 0.6 is 0 Å². The number of nitrogens with zero attached hydrogens (tertiary/aromatic N) is 3. The largest absolute Gasteiger partial charge is 0.393 e. The molecule has 0 radical (unpaired) electrons. The van der Waals surface area contributed by atoms with Gasteiger partial charge in [-0.25, -0.2) is 0 Å². The molecular weight excluding hydrogens is 414 g/mol. The molecule has 1 aliphatic rings. The topological polar surface area (TPSA) is 67.2 Å². The lowest BCUT2D eigenvalue weighted by Crippen LogP contribution is -2.64. The molecule has 0 spiro atoms. The maximum Gasteiger partial charge on any atom is 0.349 e. The molecule has 0 aliphatic carbocycles. The third-order valence-corrected chi connectivity index (χ3v) is 11.7. The molecule has 1 rings (SSSR count). The molecule has 1 fully saturated rings. The summed E-state index contributed by atoms with van der Waals surface area (Å²) in [7, 11) is -2.56. The minimum absolute atomic E-state index is 0.0747. The first kappa shape index (κ1) is 29.2. The number of hydrogen-bond acceptors (Lipinski definition) is 3. The molecule has 1 aliphatic heterocycles. The predicted octanol–water partition coefficient (Wildman–Crippen LogP) is 9.38. The summed E-state index contributed by atoms with van der Waals surface area (Å²) in [4.78, 5) is 3.04. The van der Waals surface area contributed by atoms with E-state index in [0.29, 0.717) is 6.61 Å². The van der Waals surface area contributed by atoms with Gasteiger partial charge in [-0.05, 0) is 18.4 Å². The Morgan fingerprint density at radius 1 is 0.875 bits per heavy atom. The smallest absolute Gasteiger partial charge is 0.349 e. The van der Waals surface area contributed by atoms with Crippen LogP contribution in [0.5, 0.6) is 0 Å². The Bertz CT molecular complexity index is 575. The maximum absolute atomic E-state index is 9.00. The van der Waals surface area contributed by atoms with Crippen LogP contribution in [-0.4, -0.2) is 27.3 Å². The SMILES string of the molecule is CCCCCCCCCCCCC/C=C/[C@H]1O[Si](C(C)(C)C)(C(C)(C)C)OC[C@@H]1N=[N+]=[N-]. The van der Waals surface area contributed by atoms with Crippen LogP contribution < -0.4 is 0 Å². The Balaban J connectivity index is 2.46. The van der Waals surface area contributed by atoms with Crippen molar-refractivity contribution in [1.82, 2.24) is 0 Å². The zero-order chi connectivity index (χ0) is 24.1. The monoisotopic (exact) mass is 465 g/mol. The van der Waals surface area contributed by atoms with Crippen LogP contribution in [0.2, 0.25) is 10.1 Å². The van der Waals surface area contributed by atoms with E-state index < -0.39 is 8.56 Å². The quantitative estimate of drug-likeness (QED) is 0.0640. The van der Waals surface area contributed by atoms with Crippen molar-refractivity contribution in [2.24, 2.45) is 5.11 Å². The zero-order valence-corrected chi connectivity index (χ0v) is 23.2. The zero-order valence-electron chi connectivity index (χ0n) is 22.2. The molecular formula is C26H51N3O2Si. The molecule has 0 N–H and O–H groups in total. The molecule has 0 saturated carbocycles. The molecule has 0 aromatic heterocycles. The molecule has 32 heavy (non-hydrogen) atoms. The lowest BCUT2D eigenvalue weighted by atomic mass is 10.0. The first-order valence-electron chi connectivity index (χ1n) is 13.1. The molecule has 0 amide bonds. The van der Waals surface area contributed by atoms with Gasteiger partial charge in [0.25, 0.3) is 0 Å². The van der Waals surface area contributed by atoms with Gasteiger partial charge in [0.15, 0.2) is 0 Å². The Morgan fingerprint density at radius 3 is 1.84 bits per heavy atom. The van der Waals surface area contributed by atoms with Crippen molar-refractivity contribution in [3.8, 4) is 0 Å². The molecule has 0 unspecified atom stereocenters. The van der Waals surface area contributed by atoms with E-state index in [1.54, 1.807) is 0 Å². The Kier molecular flexibility index (Phi) is 13.2. The Labute approximate surface area is 199 Å². The van der Waals surface area contributed by atoms with Gasteiger partial charge >= 0.3 is 8.56 Å². The van der Waals surface area contributed by atoms with Gasteiger partial charge in [-0.2, -0.15) is 0 Å². The fraction of sp³-hybridized carbons (Fsp3) is 0.923. The summed E-state index contributed by atoms with van der Waals surface area (Å²) < 4.78 is 13.2. The van der Waals surface area contributed by atoms with Crippen LogP contribution in [0.1, 0.15) is 126 Å². The molecule has 0 bridgehead atoms. The average Bonchev–Trinajstić information content (AvgIpc) is 2.71. The van der Waals surface area contributed by atoms with E-state index in [1.807, 2.05) is 0 Å². The molecule has 6 heteroatoms. The van der Waals surface area contributed by atoms with Gasteiger partial charge in [0.1, 0.15) is 0 Å². The number of allylic oxidation sites excluding steroid dienone is 1. The van der Waals surface area contributed by atoms with E-state index >= 15 is 0 Å². The Morgan fingerprint density at radius 2 is 1.38 bits per heavy atom. The molecule has 0 aromatic rings. The van der Waals surface area contributed by atoms with Crippen molar-refractivity contribution < 1.29 is 8.85 Å². The highest BCUT2D eigenvalue weighted by molar-refractivity contribution is 6.73. The highest BCUT2D eigenvalue weighted by Gasteiger charge is 2.61. The summed E-state index contributed by atoms with van der Waals surface area (Å²) in [5, 5.41) is 3.83. The summed E-state index contributed by atoms with van der Waals surface area (Å²) in [5.41, 5.74) is 9.00. The first-order valence-corrected chi connectivity index (χ1v) is 14.9. The number of azide groups is 1. The van der Waals surface area contributed by atoms with Gasteiger partial charge < -0.3 is 8.85 Å². The summed E-state index contributed by atoms with van der Waals surface area (Å²) in [6, 6.07) is -0.293. The van der Waals surface area contributed by atoms with Crippen molar-refractivity contribution in [3.63, 3.8) is 0 Å². The van der Waals surface area contributed by atoms with E-state index in [9.17, 15) is 0 Å². The lowest BCUT2D eigenvalue weighted by Gasteiger charge is -2.53. The van der Waals surface area contributed by atoms with Gasteiger partial charge in [0, 0.05) is 21.6 Å². The molecule has 0 aromatic carbocycles. The van der Waals surface area contributed by atoms with Gasteiger partial charge in [-0.15, -0.1) is 0 Å². The van der Waals surface area contributed by atoms with Gasteiger partial charge in [-0.1, -0.05) is 130 Å². The molecule has 5 nitrogen and oxygen atoms in total. The van der Waals surface area contributed by atoms with Gasteiger partial charge in [0.05, 0.1) is 12.1 Å². The fourth-order valence-corrected chi connectivity index (χ4v) is 9.92. The lowest BCUT2D eigenvalue weighted by molar-refractivity contribution is 0.0264. The van der Waals surface area contributed by atoms with Crippen molar-refractivity contribution in [2.75, 3.05) is 6.61 Å². The van der Waals surface area contributed by atoms with Crippen LogP contribution in [-0.2, 0) is 8.85 Å². The van der Waals surface area contributed by atoms with Crippen LogP contribution in [0.3, 0.4) is 0 Å². The van der Waals surface area contributed by atoms with Gasteiger partial charge in [-0.3, -0.25) is 0 Å². The van der Waals surface area contributed by atoms with Gasteiger partial charge in [0.2, 0.25) is 0 Å². The molecule has 186 valence electrons. The molecule has 2 atom stereocenters. The standard InChI is InChI=1S/C26H51N3O2Si/c1-8-9-10-11-12-13-14-15-16-17-18-19-20-21-24-23(28-29-27)22-30-32(31-24,25(2,3)4)26(5,6)7/h20-21,23-24H,8-19,22H2,1-7H3/b21-20+/t23-,24+/m0/s1. The highest BCUT2D eigenvalue weighted by Crippen LogP contribution is 2.54. The molecule has 1 saturated heterocycles. The second-order valence-corrected chi connectivity index (χ2v) is 16.3. The number of unbranched alkanes of at least 4 members (excludes halogenated alkanes) is 11. The minimum atomic E-state index is -2.56. The summed E-state index contributed by atoms with van der Waals surface area (Å²) >= 11 is 0. The van der Waals surface area contributed by atoms with Crippen molar-refractivity contribution in [1.29, 1.82) is 0 Å². The summed E-state index contributed by atoms with van der Waals surface area (Å²) in [6.45, 7) is 16.0. The van der Waals surface area contributed by atoms with Crippen molar-refractivity contribution in [3.05, 3.63) is 22.6 Å². The summed E-state index contributed by atoms with van der Waals surface area (Å²) in [6.07, 6.45) is 20.2. The number of hydrogen-bond donors (Lipinski definition) is 0. The van der Waals surface area contributed by atoms with Crippen molar-refractivity contribution in [2.45, 2.75) is 148 Å². The van der Waals surface area contributed by atoms with E-state index in [0.717, 1.165) is 6.42 Å². The second-order valence-electron chi connectivity index (χ2n) is 11.5. The van der Waals surface area contributed by atoms with Crippen molar-refractivity contribution >= 4 is 8.56 Å². The fourth-order valence-electron chi connectivity index (χ4n) is 5.00. The van der Waals surface area contributed by atoms with E-state index in [-0.39, 0.29) is 22.2 Å². The maximum atomic E-state index is 9.00. The average molecular weight is 466 g/mol. The third-order valence-electron chi connectivity index (χ3n) is 6.61. The van der Waals surface area contributed by atoms with Crippen LogP contribution in [0.25, 0.3) is 10.4 Å². The summed E-state index contributed by atoms with van der Waals surface area (Å²) in [5.74, 6) is 0. The highest BCUT2D eigenvalue weighted by atomic mass is 28.4. The van der Waals surface area contributed by atoms with Crippen LogP contribution in [0.15, 0.2) is 17.3 Å². The number of rotatable bonds is 14. The Hall–Kier alpha value is -0.813. The second kappa shape index (κ2) is 14.4. The predicted molar refractivity (Wildman–Crippen MR) is 139 cm³/mol. The first-order chi connectivity index (χ1) is 15.1. The van der Waals surface area contributed by atoms with E-state index in [2.05, 4.69) is 70.6 Å². The van der Waals surface area contributed by atoms with E-state index in [1.165, 1.54) is 70.6 Å². The normalized spacial score (nSPS) is 21.6. The molecule has 1 heterocycles. The minimum Gasteiger partial charge on any atom is -0.393 e. The van der Waals surface area contributed by atoms with E-state index in [4.69, 9.17) is 14.4 Å². The van der Waals surface area contributed by atoms with Crippen LogP contribution in [0.4, 0.5) is 0 Å².